The number of methoxy groups -OCH3 is 1. The molecule has 0 unspecified atom stereocenters. The van der Waals surface area contributed by atoms with Crippen molar-refractivity contribution in [1.29, 1.82) is 0 Å². The van der Waals surface area contributed by atoms with Gasteiger partial charge in [-0.15, -0.1) is 11.3 Å². The van der Waals surface area contributed by atoms with Gasteiger partial charge >= 0.3 is 5.97 Å². The molecule has 0 atom stereocenters. The SMILES string of the molecule is COC(=O)c1sccc1N=Cc1c[nH][nH]c1=O. The predicted octanol–water partition coefficient (Wildman–Crippen LogP) is 1.30. The number of carbonyl (C=O) groups excluding carboxylic acids is 1. The van der Waals surface area contributed by atoms with E-state index in [1.54, 1.807) is 11.4 Å². The number of ether oxygens (including phenoxy) is 1. The van der Waals surface area contributed by atoms with Gasteiger partial charge in [0.05, 0.1) is 18.4 Å². The molecule has 0 fully saturated rings. The second kappa shape index (κ2) is 4.79. The molecular weight excluding hydrogens is 242 g/mol. The second-order valence-electron chi connectivity index (χ2n) is 3.08. The summed E-state index contributed by atoms with van der Waals surface area (Å²) in [5, 5.41) is 6.68. The molecular formula is C10H9N3O3S. The third kappa shape index (κ3) is 2.34. The Bertz CT molecular complexity index is 608. The number of carbonyl (C=O) groups is 1. The highest BCUT2D eigenvalue weighted by atomic mass is 32.1. The van der Waals surface area contributed by atoms with E-state index in [0.29, 0.717) is 16.1 Å². The Morgan fingerprint density at radius 3 is 3.06 bits per heavy atom. The molecule has 0 aliphatic heterocycles. The minimum atomic E-state index is -0.435. The van der Waals surface area contributed by atoms with E-state index in [4.69, 9.17) is 0 Å². The van der Waals surface area contributed by atoms with Gasteiger partial charge in [-0.05, 0) is 11.4 Å². The van der Waals surface area contributed by atoms with Gasteiger partial charge in [-0.3, -0.25) is 14.9 Å². The number of nitrogens with zero attached hydrogens (tertiary/aromatic N) is 1. The third-order valence-corrected chi connectivity index (χ3v) is 2.92. The summed E-state index contributed by atoms with van der Waals surface area (Å²) < 4.78 is 4.62. The Morgan fingerprint density at radius 2 is 2.41 bits per heavy atom. The monoisotopic (exact) mass is 251 g/mol. The summed E-state index contributed by atoms with van der Waals surface area (Å²) in [7, 11) is 1.31. The van der Waals surface area contributed by atoms with Crippen LogP contribution in [0.2, 0.25) is 0 Å². The van der Waals surface area contributed by atoms with Crippen LogP contribution in [0.25, 0.3) is 0 Å². The van der Waals surface area contributed by atoms with E-state index >= 15 is 0 Å². The molecule has 2 N–H and O–H groups in total. The van der Waals surface area contributed by atoms with Gasteiger partial charge in [-0.25, -0.2) is 4.79 Å². The van der Waals surface area contributed by atoms with E-state index < -0.39 is 5.97 Å². The molecule has 0 amide bonds. The van der Waals surface area contributed by atoms with E-state index in [9.17, 15) is 9.59 Å². The lowest BCUT2D eigenvalue weighted by Crippen LogP contribution is -2.04. The fourth-order valence-electron chi connectivity index (χ4n) is 1.20. The summed E-state index contributed by atoms with van der Waals surface area (Å²) in [6, 6.07) is 1.69. The lowest BCUT2D eigenvalue weighted by molar-refractivity contribution is 0.0607. The van der Waals surface area contributed by atoms with Gasteiger partial charge < -0.3 is 9.84 Å². The molecule has 7 heteroatoms. The summed E-state index contributed by atoms with van der Waals surface area (Å²) in [4.78, 5) is 27.0. The first-order valence-corrected chi connectivity index (χ1v) is 5.56. The number of aliphatic imine (C=N–C) groups is 1. The normalized spacial score (nSPS) is 10.9. The van der Waals surface area contributed by atoms with Gasteiger partial charge in [-0.1, -0.05) is 0 Å². The molecule has 0 radical (unpaired) electrons. The van der Waals surface area contributed by atoms with E-state index in [0.717, 1.165) is 0 Å². The Balaban J connectivity index is 2.28. The Hall–Kier alpha value is -2.15. The van der Waals surface area contributed by atoms with Crippen LogP contribution < -0.4 is 5.56 Å². The largest absolute Gasteiger partial charge is 0.465 e. The van der Waals surface area contributed by atoms with Crippen LogP contribution in [0.15, 0.2) is 27.4 Å². The molecule has 0 aliphatic carbocycles. The number of nitrogens with one attached hydrogen (secondary N) is 2. The van der Waals surface area contributed by atoms with Gasteiger partial charge in [-0.2, -0.15) is 0 Å². The Labute approximate surface area is 100.0 Å². The maximum atomic E-state index is 11.4. The standard InChI is InChI=1S/C10H9N3O3S/c1-16-10(15)8-7(2-3-17-8)11-4-6-5-12-13-9(6)14/h2-5H,1H3,(H2,12,13,14). The summed E-state index contributed by atoms with van der Waals surface area (Å²) >= 11 is 1.24. The number of H-pyrrole nitrogens is 2. The van der Waals surface area contributed by atoms with Gasteiger partial charge in [0.25, 0.3) is 5.56 Å². The Kier molecular flexibility index (Phi) is 3.20. The zero-order valence-corrected chi connectivity index (χ0v) is 9.71. The highest BCUT2D eigenvalue weighted by Crippen LogP contribution is 2.25. The molecule has 0 spiro atoms. The maximum Gasteiger partial charge on any atom is 0.350 e. The summed E-state index contributed by atoms with van der Waals surface area (Å²) in [6.07, 6.45) is 2.89. The first kappa shape index (κ1) is 11.3. The van der Waals surface area contributed by atoms with Gasteiger partial charge in [0, 0.05) is 12.4 Å². The highest BCUT2D eigenvalue weighted by Gasteiger charge is 2.12. The smallest absolute Gasteiger partial charge is 0.350 e. The molecule has 0 saturated carbocycles. The fourth-order valence-corrected chi connectivity index (χ4v) is 1.96. The van der Waals surface area contributed by atoms with E-state index in [1.165, 1.54) is 30.9 Å². The summed E-state index contributed by atoms with van der Waals surface area (Å²) in [5.74, 6) is -0.435. The highest BCUT2D eigenvalue weighted by molar-refractivity contribution is 7.12. The second-order valence-corrected chi connectivity index (χ2v) is 4.00. The van der Waals surface area contributed by atoms with E-state index in [2.05, 4.69) is 19.9 Å². The van der Waals surface area contributed by atoms with Crippen LogP contribution in [-0.4, -0.2) is 29.5 Å². The molecule has 2 rings (SSSR count). The van der Waals surface area contributed by atoms with Crippen molar-refractivity contribution in [2.75, 3.05) is 7.11 Å². The van der Waals surface area contributed by atoms with Crippen LogP contribution in [0.1, 0.15) is 15.2 Å². The molecule has 6 nitrogen and oxygen atoms in total. The molecule has 0 aromatic carbocycles. The van der Waals surface area contributed by atoms with E-state index in [-0.39, 0.29) is 5.56 Å². The van der Waals surface area contributed by atoms with Crippen LogP contribution in [0.4, 0.5) is 5.69 Å². The molecule has 88 valence electrons. The van der Waals surface area contributed by atoms with Crippen molar-refractivity contribution in [3.8, 4) is 0 Å². The minimum absolute atomic E-state index is 0.261. The number of hydrogen-bond acceptors (Lipinski definition) is 5. The number of esters is 1. The fraction of sp³-hybridized carbons (Fsp3) is 0.100. The number of thiophene rings is 1. The van der Waals surface area contributed by atoms with Crippen molar-refractivity contribution in [3.63, 3.8) is 0 Å². The summed E-state index contributed by atoms with van der Waals surface area (Å²) in [5.41, 5.74) is 0.623. The third-order valence-electron chi connectivity index (χ3n) is 2.03. The van der Waals surface area contributed by atoms with Crippen molar-refractivity contribution in [2.24, 2.45) is 4.99 Å². The lowest BCUT2D eigenvalue weighted by atomic mass is 10.3. The van der Waals surface area contributed by atoms with Crippen molar-refractivity contribution < 1.29 is 9.53 Å². The zero-order chi connectivity index (χ0) is 12.3. The first-order chi connectivity index (χ1) is 8.22. The molecule has 17 heavy (non-hydrogen) atoms. The van der Waals surface area contributed by atoms with Crippen molar-refractivity contribution in [2.45, 2.75) is 0 Å². The average molecular weight is 251 g/mol. The van der Waals surface area contributed by atoms with Crippen molar-refractivity contribution in [3.05, 3.63) is 38.4 Å². The number of hydrogen-bond donors (Lipinski definition) is 2. The molecule has 0 bridgehead atoms. The van der Waals surface area contributed by atoms with Gasteiger partial charge in [0.1, 0.15) is 4.88 Å². The number of rotatable bonds is 3. The number of aromatic nitrogens is 2. The number of aromatic amines is 2. The topological polar surface area (TPSA) is 87.3 Å². The first-order valence-electron chi connectivity index (χ1n) is 4.68. The minimum Gasteiger partial charge on any atom is -0.465 e. The van der Waals surface area contributed by atoms with Crippen molar-refractivity contribution in [1.82, 2.24) is 10.2 Å². The van der Waals surface area contributed by atoms with Crippen LogP contribution >= 0.6 is 11.3 Å². The maximum absolute atomic E-state index is 11.4. The van der Waals surface area contributed by atoms with Gasteiger partial charge in [0.15, 0.2) is 0 Å². The Morgan fingerprint density at radius 1 is 1.59 bits per heavy atom. The molecule has 0 saturated heterocycles. The van der Waals surface area contributed by atoms with E-state index in [1.807, 2.05) is 0 Å². The summed E-state index contributed by atoms with van der Waals surface area (Å²) in [6.45, 7) is 0. The van der Waals surface area contributed by atoms with Crippen LogP contribution in [0.5, 0.6) is 0 Å². The zero-order valence-electron chi connectivity index (χ0n) is 8.89. The van der Waals surface area contributed by atoms with Crippen LogP contribution in [0, 0.1) is 0 Å². The van der Waals surface area contributed by atoms with Gasteiger partial charge in [0.2, 0.25) is 0 Å². The predicted molar refractivity (Wildman–Crippen MR) is 64.3 cm³/mol. The van der Waals surface area contributed by atoms with Crippen molar-refractivity contribution >= 4 is 29.2 Å². The molecule has 2 heterocycles. The molecule has 2 aromatic heterocycles. The lowest BCUT2D eigenvalue weighted by Gasteiger charge is -1.95. The quantitative estimate of drug-likeness (QED) is 0.636. The molecule has 2 aromatic rings. The van der Waals surface area contributed by atoms with Crippen LogP contribution in [-0.2, 0) is 4.74 Å². The van der Waals surface area contributed by atoms with Crippen LogP contribution in [0.3, 0.4) is 0 Å². The molecule has 0 aliphatic rings. The average Bonchev–Trinajstić information content (AvgIpc) is 2.94.